The number of hydrogen-bond donors (Lipinski definition) is 2. The van der Waals surface area contributed by atoms with Crippen molar-refractivity contribution in [2.24, 2.45) is 0 Å². The summed E-state index contributed by atoms with van der Waals surface area (Å²) in [5.41, 5.74) is 5.02. The van der Waals surface area contributed by atoms with Crippen molar-refractivity contribution < 1.29 is 9.53 Å². The van der Waals surface area contributed by atoms with Gasteiger partial charge in [-0.25, -0.2) is 0 Å². The normalized spacial score (nSPS) is 10.7. The molecule has 1 amide bonds. The van der Waals surface area contributed by atoms with Gasteiger partial charge < -0.3 is 15.4 Å². The Bertz CT molecular complexity index is 1240. The van der Waals surface area contributed by atoms with Crippen LogP contribution in [0.2, 0.25) is 0 Å². The topological polar surface area (TPSA) is 81.1 Å². The minimum atomic E-state index is -0.0996. The summed E-state index contributed by atoms with van der Waals surface area (Å²) < 4.78 is 7.26. The summed E-state index contributed by atoms with van der Waals surface area (Å²) in [6.45, 7) is 4.56. The number of amides is 1. The molecule has 0 bridgehead atoms. The minimum absolute atomic E-state index is 0.0996. The van der Waals surface area contributed by atoms with E-state index in [0.29, 0.717) is 11.7 Å². The van der Waals surface area contributed by atoms with Crippen molar-refractivity contribution in [3.05, 3.63) is 89.7 Å². The molecule has 4 rings (SSSR count). The molecule has 7 nitrogen and oxygen atoms in total. The minimum Gasteiger partial charge on any atom is -0.497 e. The van der Waals surface area contributed by atoms with E-state index in [1.807, 2.05) is 72.2 Å². The summed E-state index contributed by atoms with van der Waals surface area (Å²) in [5, 5.41) is 15.8. The molecular formula is C26H27N5O2S. The van der Waals surface area contributed by atoms with Gasteiger partial charge in [-0.1, -0.05) is 47.2 Å². The Balaban J connectivity index is 1.51. The molecule has 0 saturated heterocycles. The maximum atomic E-state index is 12.5. The first-order chi connectivity index (χ1) is 16.5. The number of nitrogens with one attached hydrogen (secondary N) is 2. The number of methoxy groups -OCH3 is 1. The number of carbonyl (C=O) groups excluding carboxylic acids is 1. The van der Waals surface area contributed by atoms with Crippen LogP contribution in [0.5, 0.6) is 5.75 Å². The number of anilines is 2. The molecule has 0 radical (unpaired) electrons. The highest BCUT2D eigenvalue weighted by Crippen LogP contribution is 2.25. The third kappa shape index (κ3) is 5.96. The number of aromatic nitrogens is 3. The van der Waals surface area contributed by atoms with Crippen LogP contribution in [0.4, 0.5) is 11.4 Å². The van der Waals surface area contributed by atoms with Crippen molar-refractivity contribution in [1.82, 2.24) is 14.8 Å². The van der Waals surface area contributed by atoms with Gasteiger partial charge in [-0.15, -0.1) is 10.2 Å². The van der Waals surface area contributed by atoms with Gasteiger partial charge in [-0.2, -0.15) is 0 Å². The Labute approximate surface area is 203 Å². The molecule has 4 aromatic rings. The average Bonchev–Trinajstić information content (AvgIpc) is 3.26. The van der Waals surface area contributed by atoms with Crippen molar-refractivity contribution in [3.8, 4) is 11.4 Å². The van der Waals surface area contributed by atoms with Crippen LogP contribution in [0.15, 0.2) is 78.0 Å². The fraction of sp³-hybridized carbons (Fsp3) is 0.192. The summed E-state index contributed by atoms with van der Waals surface area (Å²) >= 11 is 1.35. The van der Waals surface area contributed by atoms with E-state index in [1.54, 1.807) is 7.11 Å². The zero-order chi connectivity index (χ0) is 23.9. The lowest BCUT2D eigenvalue weighted by atomic mass is 10.2. The van der Waals surface area contributed by atoms with E-state index >= 15 is 0 Å². The van der Waals surface area contributed by atoms with Crippen LogP contribution in [-0.2, 0) is 11.3 Å². The summed E-state index contributed by atoms with van der Waals surface area (Å²) in [5.74, 6) is 1.63. The zero-order valence-electron chi connectivity index (χ0n) is 19.4. The molecule has 0 unspecified atom stereocenters. The van der Waals surface area contributed by atoms with E-state index in [4.69, 9.17) is 4.74 Å². The first-order valence-corrected chi connectivity index (χ1v) is 11.9. The molecule has 0 aliphatic heterocycles. The second-order valence-corrected chi connectivity index (χ2v) is 8.80. The van der Waals surface area contributed by atoms with Crippen LogP contribution < -0.4 is 15.4 Å². The first kappa shape index (κ1) is 23.4. The van der Waals surface area contributed by atoms with E-state index in [0.717, 1.165) is 34.2 Å². The largest absolute Gasteiger partial charge is 0.497 e. The Morgan fingerprint density at radius 1 is 0.882 bits per heavy atom. The molecule has 0 aliphatic rings. The van der Waals surface area contributed by atoms with Crippen LogP contribution in [-0.4, -0.2) is 33.5 Å². The number of hydrogen-bond acceptors (Lipinski definition) is 6. The van der Waals surface area contributed by atoms with E-state index < -0.39 is 0 Å². The number of rotatable bonds is 9. The SMILES string of the molecule is COc1ccc(-n2c(CNc3ccc(C)cc3)nnc2SCC(=O)Nc2ccc(C)cc2)cc1. The Morgan fingerprint density at radius 2 is 1.50 bits per heavy atom. The lowest BCUT2D eigenvalue weighted by molar-refractivity contribution is -0.113. The molecular weight excluding hydrogens is 446 g/mol. The van der Waals surface area contributed by atoms with Gasteiger partial charge in [0, 0.05) is 17.1 Å². The van der Waals surface area contributed by atoms with Gasteiger partial charge in [-0.05, 0) is 62.4 Å². The van der Waals surface area contributed by atoms with Crippen LogP contribution in [0.3, 0.4) is 0 Å². The molecule has 0 fully saturated rings. The van der Waals surface area contributed by atoms with Gasteiger partial charge >= 0.3 is 0 Å². The Hall–Kier alpha value is -3.78. The molecule has 0 atom stereocenters. The van der Waals surface area contributed by atoms with Gasteiger partial charge in [0.15, 0.2) is 11.0 Å². The molecule has 0 saturated carbocycles. The lowest BCUT2D eigenvalue weighted by Crippen LogP contribution is -2.15. The van der Waals surface area contributed by atoms with Crippen molar-refractivity contribution >= 4 is 29.0 Å². The van der Waals surface area contributed by atoms with Crippen molar-refractivity contribution in [3.63, 3.8) is 0 Å². The van der Waals surface area contributed by atoms with Crippen LogP contribution in [0, 0.1) is 13.8 Å². The van der Waals surface area contributed by atoms with Crippen molar-refractivity contribution in [2.45, 2.75) is 25.5 Å². The Morgan fingerprint density at radius 3 is 2.12 bits per heavy atom. The molecule has 0 aliphatic carbocycles. The third-order valence-electron chi connectivity index (χ3n) is 5.20. The number of benzene rings is 3. The number of nitrogens with zero attached hydrogens (tertiary/aromatic N) is 3. The third-order valence-corrected chi connectivity index (χ3v) is 6.13. The van der Waals surface area contributed by atoms with E-state index in [1.165, 1.54) is 17.3 Å². The summed E-state index contributed by atoms with van der Waals surface area (Å²) in [7, 11) is 1.64. The van der Waals surface area contributed by atoms with Gasteiger partial charge in [0.05, 0.1) is 19.4 Å². The fourth-order valence-electron chi connectivity index (χ4n) is 3.32. The Kier molecular flexibility index (Phi) is 7.49. The van der Waals surface area contributed by atoms with E-state index in [9.17, 15) is 4.79 Å². The number of ether oxygens (including phenoxy) is 1. The summed E-state index contributed by atoms with van der Waals surface area (Å²) in [6, 6.07) is 23.6. The summed E-state index contributed by atoms with van der Waals surface area (Å²) in [6.07, 6.45) is 0. The smallest absolute Gasteiger partial charge is 0.234 e. The number of thioether (sulfide) groups is 1. The maximum absolute atomic E-state index is 12.5. The van der Waals surface area contributed by atoms with Crippen molar-refractivity contribution in [2.75, 3.05) is 23.5 Å². The second kappa shape index (κ2) is 10.9. The average molecular weight is 474 g/mol. The highest BCUT2D eigenvalue weighted by atomic mass is 32.2. The fourth-order valence-corrected chi connectivity index (χ4v) is 4.09. The molecule has 34 heavy (non-hydrogen) atoms. The lowest BCUT2D eigenvalue weighted by Gasteiger charge is -2.12. The van der Waals surface area contributed by atoms with Crippen LogP contribution >= 0.6 is 11.8 Å². The van der Waals surface area contributed by atoms with E-state index in [2.05, 4.69) is 39.9 Å². The molecule has 1 heterocycles. The zero-order valence-corrected chi connectivity index (χ0v) is 20.2. The predicted molar refractivity (Wildman–Crippen MR) is 137 cm³/mol. The van der Waals surface area contributed by atoms with Gasteiger partial charge in [0.1, 0.15) is 5.75 Å². The molecule has 3 aromatic carbocycles. The van der Waals surface area contributed by atoms with Gasteiger partial charge in [0.2, 0.25) is 5.91 Å². The maximum Gasteiger partial charge on any atom is 0.234 e. The monoisotopic (exact) mass is 473 g/mol. The number of aryl methyl sites for hydroxylation is 2. The molecule has 8 heteroatoms. The molecule has 174 valence electrons. The van der Waals surface area contributed by atoms with Crippen LogP contribution in [0.25, 0.3) is 5.69 Å². The van der Waals surface area contributed by atoms with Crippen molar-refractivity contribution in [1.29, 1.82) is 0 Å². The highest BCUT2D eigenvalue weighted by molar-refractivity contribution is 7.99. The molecule has 1 aromatic heterocycles. The summed E-state index contributed by atoms with van der Waals surface area (Å²) in [4.78, 5) is 12.5. The first-order valence-electron chi connectivity index (χ1n) is 10.9. The second-order valence-electron chi connectivity index (χ2n) is 7.85. The highest BCUT2D eigenvalue weighted by Gasteiger charge is 2.16. The molecule has 0 spiro atoms. The standard InChI is InChI=1S/C26H27N5O2S/c1-18-4-8-20(9-5-18)27-16-24-29-30-26(31(24)22-12-14-23(33-3)15-13-22)34-17-25(32)28-21-10-6-19(2)7-11-21/h4-15,27H,16-17H2,1-3H3,(H,28,32). The van der Waals surface area contributed by atoms with Crippen LogP contribution in [0.1, 0.15) is 17.0 Å². The predicted octanol–water partition coefficient (Wildman–Crippen LogP) is 5.24. The van der Waals surface area contributed by atoms with E-state index in [-0.39, 0.29) is 11.7 Å². The quantitative estimate of drug-likeness (QED) is 0.324. The number of carbonyl (C=O) groups is 1. The molecule has 2 N–H and O–H groups in total. The van der Waals surface area contributed by atoms with Gasteiger partial charge in [-0.3, -0.25) is 9.36 Å². The van der Waals surface area contributed by atoms with Gasteiger partial charge in [0.25, 0.3) is 0 Å².